The number of hydrogen-bond donors (Lipinski definition) is 1. The van der Waals surface area contributed by atoms with Crippen LogP contribution in [0.4, 0.5) is 5.69 Å². The van der Waals surface area contributed by atoms with E-state index < -0.39 is 11.9 Å². The van der Waals surface area contributed by atoms with Crippen molar-refractivity contribution in [3.63, 3.8) is 0 Å². The molecule has 0 atom stereocenters. The Bertz CT molecular complexity index is 456. The molecule has 0 aromatic heterocycles. The number of methoxy groups -OCH3 is 1. The molecule has 1 rings (SSSR count). The van der Waals surface area contributed by atoms with E-state index in [1.807, 2.05) is 0 Å². The zero-order valence-corrected chi connectivity index (χ0v) is 13.4. The molecular weight excluding hydrogens is 282 g/mol. The molecule has 0 saturated carbocycles. The number of benzene rings is 1. The van der Waals surface area contributed by atoms with E-state index in [0.29, 0.717) is 12.3 Å². The lowest BCUT2D eigenvalue weighted by molar-refractivity contribution is -0.142. The van der Waals surface area contributed by atoms with Gasteiger partial charge >= 0.3 is 5.97 Å². The van der Waals surface area contributed by atoms with Crippen LogP contribution in [0.3, 0.4) is 0 Å². The molecule has 0 aliphatic heterocycles. The lowest BCUT2D eigenvalue weighted by Crippen LogP contribution is -2.17. The molecule has 0 unspecified atom stereocenters. The van der Waals surface area contributed by atoms with Crippen LogP contribution in [-0.2, 0) is 14.3 Å². The number of carbonyl (C=O) groups is 2. The topological polar surface area (TPSA) is 64.6 Å². The molecule has 0 heterocycles. The van der Waals surface area contributed by atoms with Gasteiger partial charge in [-0.2, -0.15) is 0 Å². The fraction of sp³-hybridized carbons (Fsp3) is 0.529. The van der Waals surface area contributed by atoms with Gasteiger partial charge in [-0.1, -0.05) is 32.6 Å². The van der Waals surface area contributed by atoms with Gasteiger partial charge in [0, 0.05) is 5.69 Å². The maximum Gasteiger partial charge on any atom is 0.315 e. The third kappa shape index (κ3) is 7.67. The zero-order valence-electron chi connectivity index (χ0n) is 13.4. The third-order valence-electron chi connectivity index (χ3n) is 3.19. The molecule has 122 valence electrons. The van der Waals surface area contributed by atoms with E-state index in [-0.39, 0.29) is 6.42 Å². The predicted octanol–water partition coefficient (Wildman–Crippen LogP) is 3.54. The first-order valence-electron chi connectivity index (χ1n) is 7.75. The van der Waals surface area contributed by atoms with Crippen molar-refractivity contribution in [3.05, 3.63) is 24.3 Å². The first-order valence-corrected chi connectivity index (χ1v) is 7.75. The molecule has 0 bridgehead atoms. The maximum atomic E-state index is 11.5. The van der Waals surface area contributed by atoms with Crippen molar-refractivity contribution >= 4 is 17.6 Å². The van der Waals surface area contributed by atoms with Crippen LogP contribution in [-0.4, -0.2) is 25.6 Å². The van der Waals surface area contributed by atoms with Crippen LogP contribution in [0.5, 0.6) is 5.75 Å². The summed E-state index contributed by atoms with van der Waals surface area (Å²) in [4.78, 5) is 22.5. The number of unbranched alkanes of at least 4 members (excludes halogenated alkanes) is 4. The summed E-state index contributed by atoms with van der Waals surface area (Å²) in [5.74, 6) is -0.168. The van der Waals surface area contributed by atoms with Crippen LogP contribution >= 0.6 is 0 Å². The zero-order chi connectivity index (χ0) is 16.2. The van der Waals surface area contributed by atoms with Gasteiger partial charge in [0.1, 0.15) is 12.2 Å². The van der Waals surface area contributed by atoms with E-state index in [1.54, 1.807) is 24.3 Å². The summed E-state index contributed by atoms with van der Waals surface area (Å²) in [5.41, 5.74) is 0.629. The fourth-order valence-electron chi connectivity index (χ4n) is 1.94. The second-order valence-electron chi connectivity index (χ2n) is 5.09. The molecule has 1 amide bonds. The quantitative estimate of drug-likeness (QED) is 0.408. The summed E-state index contributed by atoms with van der Waals surface area (Å²) in [6.45, 7) is 2.90. The van der Waals surface area contributed by atoms with E-state index in [0.717, 1.165) is 12.2 Å². The minimum atomic E-state index is -0.555. The molecule has 0 aliphatic carbocycles. The molecule has 5 nitrogen and oxygen atoms in total. The van der Waals surface area contributed by atoms with Gasteiger partial charge in [0.25, 0.3) is 0 Å². The maximum absolute atomic E-state index is 11.5. The van der Waals surface area contributed by atoms with Gasteiger partial charge in [0.05, 0.1) is 13.7 Å². The Morgan fingerprint density at radius 3 is 2.36 bits per heavy atom. The first-order chi connectivity index (χ1) is 10.7. The van der Waals surface area contributed by atoms with E-state index in [4.69, 9.17) is 4.74 Å². The Morgan fingerprint density at radius 1 is 1.05 bits per heavy atom. The summed E-state index contributed by atoms with van der Waals surface area (Å²) < 4.78 is 10.1. The van der Waals surface area contributed by atoms with E-state index >= 15 is 0 Å². The van der Waals surface area contributed by atoms with Crippen molar-refractivity contribution in [1.82, 2.24) is 0 Å². The molecule has 0 saturated heterocycles. The van der Waals surface area contributed by atoms with E-state index in [9.17, 15) is 9.59 Å². The molecule has 1 N–H and O–H groups in total. The summed E-state index contributed by atoms with van der Waals surface area (Å²) >= 11 is 0. The molecule has 1 aromatic rings. The average molecular weight is 307 g/mol. The predicted molar refractivity (Wildman–Crippen MR) is 86.0 cm³/mol. The Balaban J connectivity index is 2.27. The standard InChI is InChI=1S/C17H25NO4/c1-3-4-5-6-7-12-22-15-10-8-14(9-11-15)18-16(19)13-17(20)21-2/h8-11H,3-7,12-13H2,1-2H3,(H,18,19). The van der Waals surface area contributed by atoms with Crippen LogP contribution in [0.25, 0.3) is 0 Å². The van der Waals surface area contributed by atoms with Crippen LogP contribution in [0.2, 0.25) is 0 Å². The minimum absolute atomic E-state index is 0.285. The minimum Gasteiger partial charge on any atom is -0.494 e. The Hall–Kier alpha value is -2.04. The number of anilines is 1. The van der Waals surface area contributed by atoms with E-state index in [1.165, 1.54) is 32.8 Å². The van der Waals surface area contributed by atoms with Crippen molar-refractivity contribution < 1.29 is 19.1 Å². The van der Waals surface area contributed by atoms with Crippen LogP contribution in [0.1, 0.15) is 45.4 Å². The van der Waals surface area contributed by atoms with Gasteiger partial charge < -0.3 is 14.8 Å². The summed E-state index contributed by atoms with van der Waals surface area (Å²) in [6, 6.07) is 7.11. The number of rotatable bonds is 10. The molecule has 22 heavy (non-hydrogen) atoms. The van der Waals surface area contributed by atoms with Gasteiger partial charge in [0.15, 0.2) is 0 Å². The second-order valence-corrected chi connectivity index (χ2v) is 5.09. The highest BCUT2D eigenvalue weighted by Gasteiger charge is 2.09. The van der Waals surface area contributed by atoms with Crippen molar-refractivity contribution in [2.45, 2.75) is 45.4 Å². The smallest absolute Gasteiger partial charge is 0.315 e. The Morgan fingerprint density at radius 2 is 1.73 bits per heavy atom. The van der Waals surface area contributed by atoms with Gasteiger partial charge in [-0.25, -0.2) is 0 Å². The van der Waals surface area contributed by atoms with Crippen molar-refractivity contribution in [2.75, 3.05) is 19.0 Å². The van der Waals surface area contributed by atoms with Gasteiger partial charge in [-0.3, -0.25) is 9.59 Å². The molecule has 0 aliphatic rings. The number of amides is 1. The number of esters is 1. The van der Waals surface area contributed by atoms with Crippen LogP contribution < -0.4 is 10.1 Å². The van der Waals surface area contributed by atoms with Gasteiger partial charge in [-0.05, 0) is 30.7 Å². The normalized spacial score (nSPS) is 10.1. The number of hydrogen-bond acceptors (Lipinski definition) is 4. The average Bonchev–Trinajstić information content (AvgIpc) is 2.52. The first kappa shape index (κ1) is 18.0. The highest BCUT2D eigenvalue weighted by atomic mass is 16.5. The molecule has 1 aromatic carbocycles. The number of nitrogens with one attached hydrogen (secondary N) is 1. The lowest BCUT2D eigenvalue weighted by atomic mass is 10.2. The largest absolute Gasteiger partial charge is 0.494 e. The SMILES string of the molecule is CCCCCCCOc1ccc(NC(=O)CC(=O)OC)cc1. The van der Waals surface area contributed by atoms with Crippen molar-refractivity contribution in [1.29, 1.82) is 0 Å². The summed E-state index contributed by atoms with van der Waals surface area (Å²) in [6.07, 6.45) is 5.73. The fourth-order valence-corrected chi connectivity index (χ4v) is 1.94. The highest BCUT2D eigenvalue weighted by molar-refractivity contribution is 6.01. The summed E-state index contributed by atoms with van der Waals surface area (Å²) in [5, 5.41) is 2.63. The van der Waals surface area contributed by atoms with E-state index in [2.05, 4.69) is 17.0 Å². The molecule has 0 fully saturated rings. The van der Waals surface area contributed by atoms with Crippen molar-refractivity contribution in [2.24, 2.45) is 0 Å². The molecule has 5 heteroatoms. The van der Waals surface area contributed by atoms with Crippen LogP contribution in [0.15, 0.2) is 24.3 Å². The Labute approximate surface area is 132 Å². The highest BCUT2D eigenvalue weighted by Crippen LogP contribution is 2.16. The second kappa shape index (κ2) is 10.7. The molecule has 0 spiro atoms. The monoisotopic (exact) mass is 307 g/mol. The number of ether oxygens (including phenoxy) is 2. The Kier molecular flexibility index (Phi) is 8.72. The van der Waals surface area contributed by atoms with Crippen LogP contribution in [0, 0.1) is 0 Å². The van der Waals surface area contributed by atoms with Crippen molar-refractivity contribution in [3.8, 4) is 5.75 Å². The summed E-state index contributed by atoms with van der Waals surface area (Å²) in [7, 11) is 1.25. The van der Waals surface area contributed by atoms with Gasteiger partial charge in [0.2, 0.25) is 5.91 Å². The number of carbonyl (C=O) groups excluding carboxylic acids is 2. The third-order valence-corrected chi connectivity index (χ3v) is 3.19. The molecule has 0 radical (unpaired) electrons. The lowest BCUT2D eigenvalue weighted by Gasteiger charge is -2.08. The molecular formula is C17H25NO4. The van der Waals surface area contributed by atoms with Gasteiger partial charge in [-0.15, -0.1) is 0 Å².